The highest BCUT2D eigenvalue weighted by atomic mass is 16.3. The third-order valence-electron chi connectivity index (χ3n) is 6.44. The Hall–Kier alpha value is -2.57. The number of carbonyl (C=O) groups is 1. The summed E-state index contributed by atoms with van der Waals surface area (Å²) in [5, 5.41) is 25.9. The van der Waals surface area contributed by atoms with E-state index in [1.54, 1.807) is 6.07 Å². The summed E-state index contributed by atoms with van der Waals surface area (Å²) < 4.78 is 0. The fraction of sp³-hybridized carbons (Fsp3) is 0.519. The van der Waals surface area contributed by atoms with Gasteiger partial charge in [0.05, 0.1) is 0 Å². The molecule has 0 aliphatic heterocycles. The molecule has 33 heavy (non-hydrogen) atoms. The molecule has 0 heterocycles. The lowest BCUT2D eigenvalue weighted by Crippen LogP contribution is -2.45. The highest BCUT2D eigenvalue weighted by Crippen LogP contribution is 2.25. The summed E-state index contributed by atoms with van der Waals surface area (Å²) in [5.74, 6) is 0.0706. The normalized spacial score (nSPS) is 14.3. The summed E-state index contributed by atoms with van der Waals surface area (Å²) in [6.07, 6.45) is 8.19. The molecule has 2 aromatic carbocycles. The fourth-order valence-corrected chi connectivity index (χ4v) is 4.53. The molecule has 1 saturated carbocycles. The van der Waals surface area contributed by atoms with E-state index in [1.807, 2.05) is 12.1 Å². The van der Waals surface area contributed by atoms with Gasteiger partial charge in [0, 0.05) is 32.1 Å². The van der Waals surface area contributed by atoms with Crippen molar-refractivity contribution in [3.63, 3.8) is 0 Å². The number of nitrogens with zero attached hydrogens (tertiary/aromatic N) is 1. The number of hydrogen-bond donors (Lipinski definition) is 4. The monoisotopic (exact) mass is 453 g/mol. The van der Waals surface area contributed by atoms with E-state index in [0.717, 1.165) is 57.4 Å². The molecule has 1 fully saturated rings. The van der Waals surface area contributed by atoms with Crippen molar-refractivity contribution in [2.24, 2.45) is 0 Å². The molecule has 180 valence electrons. The highest BCUT2D eigenvalue weighted by molar-refractivity contribution is 5.76. The Labute approximate surface area is 198 Å². The number of phenolic OH excluding ortho intramolecular Hbond substituents is 2. The van der Waals surface area contributed by atoms with E-state index in [-0.39, 0.29) is 17.4 Å². The Morgan fingerprint density at radius 2 is 1.52 bits per heavy atom. The summed E-state index contributed by atoms with van der Waals surface area (Å²) in [4.78, 5) is 15.1. The molecule has 0 aromatic heterocycles. The predicted octanol–water partition coefficient (Wildman–Crippen LogP) is 3.61. The Balaban J connectivity index is 1.38. The SMILES string of the molecule is O=C(CCNCCc1ccccc1)N(CCNCCc1ccc(O)c(O)c1)C1CCCCC1. The average Bonchev–Trinajstić information content (AvgIpc) is 2.84. The molecule has 4 N–H and O–H groups in total. The first-order valence-electron chi connectivity index (χ1n) is 12.4. The van der Waals surface area contributed by atoms with E-state index >= 15 is 0 Å². The fourth-order valence-electron chi connectivity index (χ4n) is 4.53. The zero-order valence-corrected chi connectivity index (χ0v) is 19.6. The van der Waals surface area contributed by atoms with Gasteiger partial charge in [0.25, 0.3) is 0 Å². The zero-order valence-electron chi connectivity index (χ0n) is 19.6. The first-order valence-corrected chi connectivity index (χ1v) is 12.4. The van der Waals surface area contributed by atoms with Crippen molar-refractivity contribution in [1.29, 1.82) is 0 Å². The second-order valence-corrected chi connectivity index (χ2v) is 8.94. The third kappa shape index (κ3) is 8.71. The smallest absolute Gasteiger partial charge is 0.224 e. The third-order valence-corrected chi connectivity index (χ3v) is 6.44. The highest BCUT2D eigenvalue weighted by Gasteiger charge is 2.24. The van der Waals surface area contributed by atoms with Crippen molar-refractivity contribution in [3.05, 3.63) is 59.7 Å². The van der Waals surface area contributed by atoms with E-state index in [2.05, 4.69) is 39.8 Å². The van der Waals surface area contributed by atoms with Gasteiger partial charge < -0.3 is 25.7 Å². The lowest BCUT2D eigenvalue weighted by molar-refractivity contribution is -0.134. The Morgan fingerprint density at radius 3 is 2.24 bits per heavy atom. The molecule has 6 heteroatoms. The first-order chi connectivity index (χ1) is 16.1. The number of rotatable bonds is 13. The number of nitrogens with one attached hydrogen (secondary N) is 2. The summed E-state index contributed by atoms with van der Waals surface area (Å²) in [6.45, 7) is 3.85. The molecule has 0 spiro atoms. The van der Waals surface area contributed by atoms with Crippen molar-refractivity contribution in [2.75, 3.05) is 32.7 Å². The van der Waals surface area contributed by atoms with Gasteiger partial charge >= 0.3 is 0 Å². The van der Waals surface area contributed by atoms with Crippen LogP contribution in [0.1, 0.15) is 49.7 Å². The molecule has 0 radical (unpaired) electrons. The van der Waals surface area contributed by atoms with E-state index < -0.39 is 0 Å². The molecule has 0 atom stereocenters. The van der Waals surface area contributed by atoms with E-state index in [0.29, 0.717) is 19.0 Å². The van der Waals surface area contributed by atoms with Gasteiger partial charge in [0.15, 0.2) is 11.5 Å². The second kappa shape index (κ2) is 13.9. The van der Waals surface area contributed by atoms with Crippen molar-refractivity contribution in [3.8, 4) is 11.5 Å². The van der Waals surface area contributed by atoms with Gasteiger partial charge in [0.1, 0.15) is 0 Å². The molecular formula is C27H39N3O3. The van der Waals surface area contributed by atoms with E-state index in [1.165, 1.54) is 30.9 Å². The molecule has 0 unspecified atom stereocenters. The topological polar surface area (TPSA) is 84.8 Å². The van der Waals surface area contributed by atoms with Crippen LogP contribution in [0.25, 0.3) is 0 Å². The van der Waals surface area contributed by atoms with Crippen LogP contribution in [-0.4, -0.2) is 59.8 Å². The molecule has 0 bridgehead atoms. The van der Waals surface area contributed by atoms with Crippen LogP contribution in [0.15, 0.2) is 48.5 Å². The van der Waals surface area contributed by atoms with Gasteiger partial charge in [-0.1, -0.05) is 55.7 Å². The van der Waals surface area contributed by atoms with Crippen LogP contribution in [-0.2, 0) is 17.6 Å². The van der Waals surface area contributed by atoms with Gasteiger partial charge in [-0.25, -0.2) is 0 Å². The zero-order chi connectivity index (χ0) is 23.3. The van der Waals surface area contributed by atoms with E-state index in [9.17, 15) is 15.0 Å². The number of aromatic hydroxyl groups is 2. The van der Waals surface area contributed by atoms with Crippen LogP contribution < -0.4 is 10.6 Å². The minimum Gasteiger partial charge on any atom is -0.504 e. The van der Waals surface area contributed by atoms with Crippen LogP contribution in [0.5, 0.6) is 11.5 Å². The molecule has 2 aromatic rings. The molecular weight excluding hydrogens is 414 g/mol. The van der Waals surface area contributed by atoms with Crippen molar-refractivity contribution >= 4 is 5.91 Å². The summed E-state index contributed by atoms with van der Waals surface area (Å²) in [6, 6.07) is 15.7. The maximum Gasteiger partial charge on any atom is 0.224 e. The van der Waals surface area contributed by atoms with E-state index in [4.69, 9.17) is 0 Å². The molecule has 1 aliphatic carbocycles. The van der Waals surface area contributed by atoms with Gasteiger partial charge in [0.2, 0.25) is 5.91 Å². The molecule has 6 nitrogen and oxygen atoms in total. The van der Waals surface area contributed by atoms with Gasteiger partial charge in [-0.2, -0.15) is 0 Å². The lowest BCUT2D eigenvalue weighted by Gasteiger charge is -2.34. The first kappa shape index (κ1) is 25.1. The Bertz CT molecular complexity index is 838. The van der Waals surface area contributed by atoms with Gasteiger partial charge in [-0.15, -0.1) is 0 Å². The predicted molar refractivity (Wildman–Crippen MR) is 133 cm³/mol. The minimum atomic E-state index is -0.0945. The molecule has 0 saturated heterocycles. The summed E-state index contributed by atoms with van der Waals surface area (Å²) in [5.41, 5.74) is 2.29. The standard InChI is InChI=1S/C27H39N3O3/c31-25-12-11-23(21-26(25)32)14-17-29-19-20-30(24-9-5-2-6-10-24)27(33)15-18-28-16-13-22-7-3-1-4-8-22/h1,3-4,7-8,11-12,21,24,28-29,31-32H,2,5-6,9-10,13-20H2. The van der Waals surface area contributed by atoms with Crippen molar-refractivity contribution in [1.82, 2.24) is 15.5 Å². The maximum atomic E-state index is 13.0. The largest absolute Gasteiger partial charge is 0.504 e. The molecule has 1 amide bonds. The Morgan fingerprint density at radius 1 is 0.818 bits per heavy atom. The number of benzene rings is 2. The number of phenols is 2. The number of hydrogen-bond acceptors (Lipinski definition) is 5. The molecule has 3 rings (SSSR count). The summed E-state index contributed by atoms with van der Waals surface area (Å²) >= 11 is 0. The molecule has 1 aliphatic rings. The maximum absolute atomic E-state index is 13.0. The number of amides is 1. The minimum absolute atomic E-state index is 0.0843. The van der Waals surface area contributed by atoms with Crippen LogP contribution >= 0.6 is 0 Å². The average molecular weight is 454 g/mol. The quantitative estimate of drug-likeness (QED) is 0.275. The van der Waals surface area contributed by atoms with Crippen molar-refractivity contribution < 1.29 is 15.0 Å². The van der Waals surface area contributed by atoms with Gasteiger partial charge in [-0.05, 0) is 62.0 Å². The van der Waals surface area contributed by atoms with Gasteiger partial charge in [-0.3, -0.25) is 4.79 Å². The Kier molecular flexibility index (Phi) is 10.5. The van der Waals surface area contributed by atoms with Crippen LogP contribution in [0.4, 0.5) is 0 Å². The van der Waals surface area contributed by atoms with Crippen LogP contribution in [0, 0.1) is 0 Å². The van der Waals surface area contributed by atoms with Crippen molar-refractivity contribution in [2.45, 2.75) is 57.4 Å². The second-order valence-electron chi connectivity index (χ2n) is 8.94. The summed E-state index contributed by atoms with van der Waals surface area (Å²) in [7, 11) is 0. The van der Waals surface area contributed by atoms with Crippen LogP contribution in [0.2, 0.25) is 0 Å². The van der Waals surface area contributed by atoms with Crippen LogP contribution in [0.3, 0.4) is 0 Å². The number of carbonyl (C=O) groups excluding carboxylic acids is 1. The lowest BCUT2D eigenvalue weighted by atomic mass is 9.94.